The maximum absolute atomic E-state index is 3.24. The summed E-state index contributed by atoms with van der Waals surface area (Å²) in [6.45, 7) is 0. The molecule has 1 atom stereocenters. The fourth-order valence-corrected chi connectivity index (χ4v) is 0. The van der Waals surface area contributed by atoms with Crippen molar-refractivity contribution in [2.45, 2.75) is 0 Å². The number of rotatable bonds is 1. The normalized spacial score (nSPS) is 15.2. The van der Waals surface area contributed by atoms with Crippen LogP contribution in [0.2, 0.25) is 0 Å². The minimum absolute atomic E-state index is 0.0918. The summed E-state index contributed by atoms with van der Waals surface area (Å²) in [5, 5.41) is 0.0918. The molecular weight excluding hydrogens is 283 g/mol. The van der Waals surface area contributed by atoms with E-state index < -0.39 is 0 Å². The molecule has 0 bridgehead atoms. The van der Waals surface area contributed by atoms with Gasteiger partial charge in [-0.1, -0.05) is 0 Å². The molecule has 20 valence electrons. The molecule has 0 fully saturated rings. The maximum atomic E-state index is 3.24. The second kappa shape index (κ2) is 5.69. The summed E-state index contributed by atoms with van der Waals surface area (Å²) in [5.41, 5.74) is 0. The Morgan fingerprint density at radius 1 is 1.80 bits per heavy atom. The molecule has 0 saturated heterocycles. The van der Waals surface area contributed by atoms with Gasteiger partial charge in [0.25, 0.3) is 0 Å². The molecule has 0 spiro atoms. The molecule has 0 aromatic carbocycles. The van der Waals surface area contributed by atoms with E-state index in [1.54, 1.807) is 0 Å². The molecule has 0 N–H and O–H groups in total. The van der Waals surface area contributed by atoms with Crippen molar-refractivity contribution < 1.29 is 0 Å². The van der Waals surface area contributed by atoms with Gasteiger partial charge in [-0.05, 0) is 0 Å². The summed E-state index contributed by atoms with van der Waals surface area (Å²) >= 11 is 6.24. The van der Waals surface area contributed by atoms with Crippen LogP contribution in [0.15, 0.2) is 0 Å². The van der Waals surface area contributed by atoms with Crippen molar-refractivity contribution in [3.8, 4) is 0 Å². The van der Waals surface area contributed by atoms with E-state index in [1.807, 2.05) is 0 Å². The first kappa shape index (κ1) is 8.56. The molecule has 0 aliphatic rings. The van der Waals surface area contributed by atoms with Gasteiger partial charge < -0.3 is 0 Å². The first-order chi connectivity index (χ1) is 2.27. The predicted molar refractivity (Wildman–Crippen MR) is 28.8 cm³/mol. The fourth-order valence-electron chi connectivity index (χ4n) is 0. The van der Waals surface area contributed by atoms with E-state index in [4.69, 9.17) is 0 Å². The average Bonchev–Trinajstić information content (AvgIpc) is 1.38. The van der Waals surface area contributed by atoms with Crippen molar-refractivity contribution >= 4 is 78.4 Å². The first-order valence-electron chi connectivity index (χ1n) is 1.15. The summed E-state index contributed by atoms with van der Waals surface area (Å²) in [4.78, 5) is 0. The second-order valence-electron chi connectivity index (χ2n) is 0.568. The van der Waals surface area contributed by atoms with Crippen LogP contribution in [0, 0.1) is 0 Å². The molecular formula is Na2Se3. The number of hydrogen-bond donors (Lipinski definition) is 0. The minimum atomic E-state index is 0.0918. The Hall–Kier alpha value is 3.56. The molecule has 0 saturated carbocycles. The summed E-state index contributed by atoms with van der Waals surface area (Å²) in [5.74, 6) is 0. The van der Waals surface area contributed by atoms with E-state index in [1.165, 1.54) is 50.8 Å². The summed E-state index contributed by atoms with van der Waals surface area (Å²) in [6, 6.07) is 0. The van der Waals surface area contributed by atoms with Crippen LogP contribution in [0.25, 0.3) is 0 Å². The molecule has 0 aliphatic carbocycles. The Balaban J connectivity index is 2.85. The topological polar surface area (TPSA) is 0 Å². The van der Waals surface area contributed by atoms with Crippen molar-refractivity contribution in [3.05, 3.63) is 0 Å². The monoisotopic (exact) mass is 286 g/mol. The van der Waals surface area contributed by atoms with Crippen LogP contribution < -0.4 is 0 Å². The molecule has 1 unspecified atom stereocenters. The van der Waals surface area contributed by atoms with Crippen LogP contribution in [0.5, 0.6) is 0 Å². The third kappa shape index (κ3) is 7.56. The molecule has 0 aromatic rings. The zero-order valence-corrected chi connectivity index (χ0v) is 12.4. The van der Waals surface area contributed by atoms with Crippen LogP contribution in [-0.4, -0.2) is 78.4 Å². The molecule has 5 heavy (non-hydrogen) atoms. The van der Waals surface area contributed by atoms with E-state index in [9.17, 15) is 0 Å². The summed E-state index contributed by atoms with van der Waals surface area (Å²) in [7, 11) is 1.15. The quantitative estimate of drug-likeness (QED) is 0.493. The predicted octanol–water partition coefficient (Wildman–Crippen LogP) is -1.90. The van der Waals surface area contributed by atoms with Gasteiger partial charge in [0.05, 0.1) is 0 Å². The van der Waals surface area contributed by atoms with E-state index in [0.717, 1.165) is 8.69 Å². The van der Waals surface area contributed by atoms with E-state index >= 15 is 0 Å². The van der Waals surface area contributed by atoms with Crippen LogP contribution >= 0.6 is 0 Å². The van der Waals surface area contributed by atoms with Gasteiger partial charge in [0, 0.05) is 0 Å². The van der Waals surface area contributed by atoms with Gasteiger partial charge in [0.15, 0.2) is 0 Å². The Kier molecular flexibility index (Phi) is 9.74. The van der Waals surface area contributed by atoms with Crippen molar-refractivity contribution in [3.63, 3.8) is 0 Å². The first-order valence-corrected chi connectivity index (χ1v) is 21.7. The van der Waals surface area contributed by atoms with E-state index in [0.29, 0.717) is 0 Å². The third-order valence-corrected chi connectivity index (χ3v) is 69.1. The Labute approximate surface area is 76.0 Å². The standard InChI is InChI=1S/2Na.Se3/c;;1-3-2/q-1;+1;. The van der Waals surface area contributed by atoms with E-state index in [-0.39, 0.29) is 5.27 Å². The molecule has 0 aliphatic heterocycles. The summed E-state index contributed by atoms with van der Waals surface area (Å²) in [6.07, 6.45) is 0. The van der Waals surface area contributed by atoms with Gasteiger partial charge in [0.2, 0.25) is 0 Å². The van der Waals surface area contributed by atoms with Gasteiger partial charge in [0.1, 0.15) is 0 Å². The van der Waals surface area contributed by atoms with Crippen LogP contribution in [0.1, 0.15) is 0 Å². The molecule has 0 rings (SSSR count). The molecule has 0 nitrogen and oxygen atoms in total. The summed E-state index contributed by atoms with van der Waals surface area (Å²) < 4.78 is 0. The van der Waals surface area contributed by atoms with Gasteiger partial charge in [-0.15, -0.1) is 0 Å². The zero-order chi connectivity index (χ0) is 4.28. The van der Waals surface area contributed by atoms with Gasteiger partial charge >= 0.3 is 78.4 Å². The average molecular weight is 283 g/mol. The van der Waals surface area contributed by atoms with Crippen LogP contribution in [-0.2, 0) is 0 Å². The van der Waals surface area contributed by atoms with Crippen molar-refractivity contribution in [2.24, 2.45) is 0 Å². The molecule has 0 aromatic heterocycles. The van der Waals surface area contributed by atoms with Crippen molar-refractivity contribution in [1.29, 1.82) is 0 Å². The van der Waals surface area contributed by atoms with Crippen LogP contribution in [0.3, 0.4) is 0 Å². The molecule has 0 amide bonds. The Morgan fingerprint density at radius 2 is 2.00 bits per heavy atom. The molecule has 0 radical (unpaired) electrons. The molecule has 5 heteroatoms. The second-order valence-corrected chi connectivity index (χ2v) is 50.0. The van der Waals surface area contributed by atoms with Gasteiger partial charge in [-0.3, -0.25) is 0 Å². The molecule has 0 heterocycles. The fraction of sp³-hybridized carbons (Fsp3) is 0. The van der Waals surface area contributed by atoms with Crippen molar-refractivity contribution in [1.82, 2.24) is 0 Å². The van der Waals surface area contributed by atoms with Crippen LogP contribution in [0.4, 0.5) is 0 Å². The number of hydrogen-bond acceptors (Lipinski definition) is 0. The SMILES string of the molecule is [Na][Se][Se]([Na])=[Se]. The van der Waals surface area contributed by atoms with Gasteiger partial charge in [-0.25, -0.2) is 0 Å². The zero-order valence-electron chi connectivity index (χ0n) is 3.22. The third-order valence-electron chi connectivity index (χ3n) is 0.235. The Bertz CT molecular complexity index is 40.2. The van der Waals surface area contributed by atoms with E-state index in [2.05, 4.69) is 13.7 Å². The Morgan fingerprint density at radius 3 is 2.00 bits per heavy atom. The van der Waals surface area contributed by atoms with Gasteiger partial charge in [-0.2, -0.15) is 0 Å². The van der Waals surface area contributed by atoms with Crippen molar-refractivity contribution in [2.75, 3.05) is 0 Å².